The Labute approximate surface area is 58.1 Å². The molecule has 56 valence electrons. The van der Waals surface area contributed by atoms with Gasteiger partial charge >= 0.3 is 0 Å². The van der Waals surface area contributed by atoms with Crippen molar-refractivity contribution < 1.29 is 5.11 Å². The van der Waals surface area contributed by atoms with Crippen molar-refractivity contribution in [2.24, 2.45) is 5.92 Å². The average molecular weight is 130 g/mol. The summed E-state index contributed by atoms with van der Waals surface area (Å²) in [6, 6.07) is 0. The molecule has 0 aliphatic carbocycles. The standard InChI is InChI=1S/C8H18O/c1-3-4-5-6-8(2)7-9/h8-9H,3-7H2,1-2H3. The van der Waals surface area contributed by atoms with Crippen LogP contribution in [0.3, 0.4) is 0 Å². The molecule has 1 heteroatoms. The first-order chi connectivity index (χ1) is 4.31. The summed E-state index contributed by atoms with van der Waals surface area (Å²) < 4.78 is 0. The fourth-order valence-electron chi connectivity index (χ4n) is 0.834. The van der Waals surface area contributed by atoms with Crippen LogP contribution in [0.15, 0.2) is 0 Å². The predicted molar refractivity (Wildman–Crippen MR) is 40.4 cm³/mol. The minimum atomic E-state index is 0.351. The summed E-state index contributed by atoms with van der Waals surface area (Å²) >= 11 is 0. The van der Waals surface area contributed by atoms with E-state index in [9.17, 15) is 0 Å². The lowest BCUT2D eigenvalue weighted by Gasteiger charge is -2.04. The molecule has 0 fully saturated rings. The van der Waals surface area contributed by atoms with Gasteiger partial charge in [-0.2, -0.15) is 0 Å². The zero-order valence-electron chi connectivity index (χ0n) is 6.56. The van der Waals surface area contributed by atoms with Gasteiger partial charge in [-0.25, -0.2) is 0 Å². The van der Waals surface area contributed by atoms with Gasteiger partial charge in [0.2, 0.25) is 0 Å². The molecule has 1 nitrogen and oxygen atoms in total. The van der Waals surface area contributed by atoms with Crippen LogP contribution in [0.5, 0.6) is 0 Å². The SMILES string of the molecule is CCCCCC(C)CO. The molecule has 1 N–H and O–H groups in total. The average Bonchev–Trinajstić information content (AvgIpc) is 1.89. The quantitative estimate of drug-likeness (QED) is 0.566. The maximum absolute atomic E-state index is 8.63. The summed E-state index contributed by atoms with van der Waals surface area (Å²) in [6.07, 6.45) is 5.05. The van der Waals surface area contributed by atoms with Gasteiger partial charge in [-0.15, -0.1) is 0 Å². The van der Waals surface area contributed by atoms with Crippen molar-refractivity contribution in [3.8, 4) is 0 Å². The molecule has 0 aliphatic rings. The van der Waals surface area contributed by atoms with E-state index in [1.165, 1.54) is 25.7 Å². The molecule has 0 aliphatic heterocycles. The highest BCUT2D eigenvalue weighted by Crippen LogP contribution is 2.07. The Hall–Kier alpha value is -0.0400. The van der Waals surface area contributed by atoms with Gasteiger partial charge in [0.05, 0.1) is 0 Å². The molecule has 0 radical (unpaired) electrons. The van der Waals surface area contributed by atoms with Crippen molar-refractivity contribution in [1.29, 1.82) is 0 Å². The van der Waals surface area contributed by atoms with Gasteiger partial charge < -0.3 is 5.11 Å². The van der Waals surface area contributed by atoms with Crippen LogP contribution in [0, 0.1) is 5.92 Å². The normalized spacial score (nSPS) is 13.7. The summed E-state index contributed by atoms with van der Waals surface area (Å²) in [5, 5.41) is 8.63. The Kier molecular flexibility index (Phi) is 6.06. The Balaban J connectivity index is 2.88. The van der Waals surface area contributed by atoms with Gasteiger partial charge in [0, 0.05) is 6.61 Å². The molecule has 0 heterocycles. The van der Waals surface area contributed by atoms with Crippen molar-refractivity contribution in [2.45, 2.75) is 39.5 Å². The van der Waals surface area contributed by atoms with Crippen LogP contribution in [0.25, 0.3) is 0 Å². The number of hydrogen-bond acceptors (Lipinski definition) is 1. The predicted octanol–water partition coefficient (Wildman–Crippen LogP) is 2.20. The lowest BCUT2D eigenvalue weighted by atomic mass is 10.0. The first-order valence-corrected chi connectivity index (χ1v) is 3.92. The molecule has 1 unspecified atom stereocenters. The van der Waals surface area contributed by atoms with Gasteiger partial charge in [0.25, 0.3) is 0 Å². The van der Waals surface area contributed by atoms with Crippen molar-refractivity contribution in [3.63, 3.8) is 0 Å². The van der Waals surface area contributed by atoms with Crippen molar-refractivity contribution in [1.82, 2.24) is 0 Å². The lowest BCUT2D eigenvalue weighted by molar-refractivity contribution is 0.227. The lowest BCUT2D eigenvalue weighted by Crippen LogP contribution is -1.99. The summed E-state index contributed by atoms with van der Waals surface area (Å²) in [7, 11) is 0. The largest absolute Gasteiger partial charge is 0.396 e. The van der Waals surface area contributed by atoms with E-state index in [0.717, 1.165) is 0 Å². The van der Waals surface area contributed by atoms with Gasteiger partial charge in [-0.05, 0) is 12.3 Å². The molecule has 0 saturated carbocycles. The Bertz CT molecular complexity index is 52.5. The third-order valence-electron chi connectivity index (χ3n) is 1.61. The van der Waals surface area contributed by atoms with Gasteiger partial charge in [-0.1, -0.05) is 33.1 Å². The first-order valence-electron chi connectivity index (χ1n) is 3.92. The minimum absolute atomic E-state index is 0.351. The van der Waals surface area contributed by atoms with E-state index in [2.05, 4.69) is 13.8 Å². The van der Waals surface area contributed by atoms with E-state index in [0.29, 0.717) is 12.5 Å². The molecule has 0 aromatic rings. The van der Waals surface area contributed by atoms with Crippen LogP contribution >= 0.6 is 0 Å². The number of hydrogen-bond donors (Lipinski definition) is 1. The van der Waals surface area contributed by atoms with E-state index in [1.54, 1.807) is 0 Å². The fourth-order valence-corrected chi connectivity index (χ4v) is 0.834. The Morgan fingerprint density at radius 3 is 2.44 bits per heavy atom. The van der Waals surface area contributed by atoms with E-state index < -0.39 is 0 Å². The second-order valence-corrected chi connectivity index (χ2v) is 2.78. The maximum Gasteiger partial charge on any atom is 0.0456 e. The highest BCUT2D eigenvalue weighted by atomic mass is 16.3. The zero-order chi connectivity index (χ0) is 7.11. The minimum Gasteiger partial charge on any atom is -0.396 e. The number of aliphatic hydroxyl groups excluding tert-OH is 1. The van der Waals surface area contributed by atoms with Crippen molar-refractivity contribution in [3.05, 3.63) is 0 Å². The molecule has 1 atom stereocenters. The van der Waals surface area contributed by atoms with Crippen LogP contribution in [0.1, 0.15) is 39.5 Å². The maximum atomic E-state index is 8.63. The van der Waals surface area contributed by atoms with Crippen molar-refractivity contribution >= 4 is 0 Å². The summed E-state index contributed by atoms with van der Waals surface area (Å²) in [6.45, 7) is 4.64. The first kappa shape index (κ1) is 8.96. The number of aliphatic hydroxyl groups is 1. The van der Waals surface area contributed by atoms with Crippen molar-refractivity contribution in [2.75, 3.05) is 6.61 Å². The molecule has 0 saturated heterocycles. The summed E-state index contributed by atoms with van der Waals surface area (Å²) in [5.41, 5.74) is 0. The van der Waals surface area contributed by atoms with E-state index in [4.69, 9.17) is 5.11 Å². The molecular formula is C8H18O. The molecule has 0 aromatic heterocycles. The molecule has 0 bridgehead atoms. The third-order valence-corrected chi connectivity index (χ3v) is 1.61. The Morgan fingerprint density at radius 2 is 2.00 bits per heavy atom. The molecule has 0 rings (SSSR count). The second kappa shape index (κ2) is 6.09. The second-order valence-electron chi connectivity index (χ2n) is 2.78. The third kappa shape index (κ3) is 5.84. The van der Waals surface area contributed by atoms with Crippen LogP contribution in [-0.2, 0) is 0 Å². The van der Waals surface area contributed by atoms with Gasteiger partial charge in [-0.3, -0.25) is 0 Å². The summed E-state index contributed by atoms with van der Waals surface area (Å²) in [4.78, 5) is 0. The van der Waals surface area contributed by atoms with Gasteiger partial charge in [0.15, 0.2) is 0 Å². The summed E-state index contributed by atoms with van der Waals surface area (Å²) in [5.74, 6) is 0.511. The number of unbranched alkanes of at least 4 members (excludes halogenated alkanes) is 2. The smallest absolute Gasteiger partial charge is 0.0456 e. The zero-order valence-corrected chi connectivity index (χ0v) is 6.56. The van der Waals surface area contributed by atoms with Crippen LogP contribution in [0.4, 0.5) is 0 Å². The highest BCUT2D eigenvalue weighted by Gasteiger charge is 1.96. The topological polar surface area (TPSA) is 20.2 Å². The number of rotatable bonds is 5. The van der Waals surface area contributed by atoms with E-state index in [1.807, 2.05) is 0 Å². The van der Waals surface area contributed by atoms with Crippen LogP contribution in [0.2, 0.25) is 0 Å². The van der Waals surface area contributed by atoms with Gasteiger partial charge in [0.1, 0.15) is 0 Å². The highest BCUT2D eigenvalue weighted by molar-refractivity contribution is 4.49. The van der Waals surface area contributed by atoms with Crippen LogP contribution < -0.4 is 0 Å². The monoisotopic (exact) mass is 130 g/mol. The molecular weight excluding hydrogens is 112 g/mol. The van der Waals surface area contributed by atoms with E-state index >= 15 is 0 Å². The molecule has 0 spiro atoms. The fraction of sp³-hybridized carbons (Fsp3) is 1.00. The molecule has 9 heavy (non-hydrogen) atoms. The molecule has 0 aromatic carbocycles. The molecule has 0 amide bonds. The van der Waals surface area contributed by atoms with Crippen LogP contribution in [-0.4, -0.2) is 11.7 Å². The van der Waals surface area contributed by atoms with E-state index in [-0.39, 0.29) is 0 Å². The Morgan fingerprint density at radius 1 is 1.33 bits per heavy atom.